The van der Waals surface area contributed by atoms with Gasteiger partial charge in [0.25, 0.3) is 0 Å². The van der Waals surface area contributed by atoms with E-state index in [0.717, 1.165) is 19.3 Å². The van der Waals surface area contributed by atoms with E-state index < -0.39 is 5.97 Å². The molecule has 0 spiro atoms. The van der Waals surface area contributed by atoms with Crippen molar-refractivity contribution in [3.63, 3.8) is 0 Å². The van der Waals surface area contributed by atoms with Gasteiger partial charge in [0.05, 0.1) is 5.60 Å². The third-order valence-electron chi connectivity index (χ3n) is 2.56. The molecule has 82 valence electrons. The Morgan fingerprint density at radius 1 is 1.43 bits per heavy atom. The maximum atomic E-state index is 9.60. The second kappa shape index (κ2) is 5.81. The van der Waals surface area contributed by atoms with Gasteiger partial charge in [-0.2, -0.15) is 0 Å². The van der Waals surface area contributed by atoms with Crippen molar-refractivity contribution in [2.75, 3.05) is 0 Å². The molecule has 1 aliphatic carbocycles. The van der Waals surface area contributed by atoms with E-state index in [-0.39, 0.29) is 11.2 Å². The molecule has 0 radical (unpaired) electrons. The van der Waals surface area contributed by atoms with Gasteiger partial charge in [-0.05, 0) is 26.2 Å². The lowest BCUT2D eigenvalue weighted by atomic mass is 10.00. The van der Waals surface area contributed by atoms with Crippen LogP contribution in [0.15, 0.2) is 12.2 Å². The Balaban J connectivity index is 0.000000255. The molecule has 0 aromatic heterocycles. The zero-order chi connectivity index (χ0) is 11.2. The van der Waals surface area contributed by atoms with E-state index in [4.69, 9.17) is 5.11 Å². The first-order chi connectivity index (χ1) is 6.41. The summed E-state index contributed by atoms with van der Waals surface area (Å²) in [4.78, 5) is 9.60. The lowest BCUT2D eigenvalue weighted by molar-refractivity contribution is -0.132. The van der Waals surface area contributed by atoms with Crippen molar-refractivity contribution in [2.45, 2.75) is 51.6 Å². The average Bonchev–Trinajstić information content (AvgIpc) is 2.54. The Morgan fingerprint density at radius 3 is 1.93 bits per heavy atom. The van der Waals surface area contributed by atoms with E-state index in [9.17, 15) is 9.90 Å². The molecule has 0 saturated heterocycles. The van der Waals surface area contributed by atoms with Crippen molar-refractivity contribution in [1.82, 2.24) is 0 Å². The van der Waals surface area contributed by atoms with E-state index in [2.05, 4.69) is 13.5 Å². The van der Waals surface area contributed by atoms with E-state index >= 15 is 0 Å². The third kappa shape index (κ3) is 5.02. The Kier molecular flexibility index (Phi) is 5.46. The Labute approximate surface area is 85.4 Å². The van der Waals surface area contributed by atoms with Gasteiger partial charge < -0.3 is 10.2 Å². The average molecular weight is 200 g/mol. The highest BCUT2D eigenvalue weighted by molar-refractivity contribution is 5.84. The summed E-state index contributed by atoms with van der Waals surface area (Å²) in [6.07, 6.45) is 5.45. The first-order valence-electron chi connectivity index (χ1n) is 5.02. The molecule has 0 atom stereocenters. The van der Waals surface area contributed by atoms with Gasteiger partial charge in [-0.3, -0.25) is 0 Å². The Morgan fingerprint density at radius 2 is 1.79 bits per heavy atom. The predicted octanol–water partition coefficient (Wildman–Crippen LogP) is 2.35. The van der Waals surface area contributed by atoms with Gasteiger partial charge >= 0.3 is 5.97 Å². The molecule has 1 aliphatic rings. The van der Waals surface area contributed by atoms with Crippen LogP contribution in [0.2, 0.25) is 0 Å². The van der Waals surface area contributed by atoms with Crippen molar-refractivity contribution >= 4 is 5.97 Å². The zero-order valence-electron chi connectivity index (χ0n) is 9.05. The zero-order valence-corrected chi connectivity index (χ0v) is 9.05. The molecule has 1 fully saturated rings. The molecule has 0 unspecified atom stereocenters. The smallest absolute Gasteiger partial charge is 0.330 e. The van der Waals surface area contributed by atoms with E-state index in [1.807, 2.05) is 0 Å². The van der Waals surface area contributed by atoms with Crippen molar-refractivity contribution in [3.8, 4) is 0 Å². The fraction of sp³-hybridized carbons (Fsp3) is 0.727. The SMILES string of the molecule is C=C(C)C(=O)O.CCC1(O)CCCC1. The molecular weight excluding hydrogens is 180 g/mol. The second-order valence-corrected chi connectivity index (χ2v) is 3.87. The monoisotopic (exact) mass is 200 g/mol. The van der Waals surface area contributed by atoms with Crippen LogP contribution in [0.1, 0.15) is 46.0 Å². The quantitative estimate of drug-likeness (QED) is 0.673. The van der Waals surface area contributed by atoms with Gasteiger partial charge in [-0.1, -0.05) is 26.3 Å². The summed E-state index contributed by atoms with van der Waals surface area (Å²) >= 11 is 0. The lowest BCUT2D eigenvalue weighted by Gasteiger charge is -2.18. The maximum absolute atomic E-state index is 9.60. The molecule has 0 amide bonds. The fourth-order valence-corrected chi connectivity index (χ4v) is 1.39. The molecule has 0 aliphatic heterocycles. The minimum absolute atomic E-state index is 0.176. The number of hydrogen-bond donors (Lipinski definition) is 2. The van der Waals surface area contributed by atoms with Gasteiger partial charge in [-0.25, -0.2) is 4.79 Å². The fourth-order valence-electron chi connectivity index (χ4n) is 1.39. The van der Waals surface area contributed by atoms with Gasteiger partial charge in [0.2, 0.25) is 0 Å². The highest BCUT2D eigenvalue weighted by atomic mass is 16.4. The minimum atomic E-state index is -0.935. The lowest BCUT2D eigenvalue weighted by Crippen LogP contribution is -2.21. The topological polar surface area (TPSA) is 57.5 Å². The number of rotatable bonds is 2. The molecule has 3 heteroatoms. The number of carboxylic acid groups (broad SMARTS) is 1. The van der Waals surface area contributed by atoms with Gasteiger partial charge in [0.1, 0.15) is 0 Å². The first-order valence-corrected chi connectivity index (χ1v) is 5.02. The van der Waals surface area contributed by atoms with E-state index in [1.165, 1.54) is 19.8 Å². The summed E-state index contributed by atoms with van der Waals surface area (Å²) in [5.41, 5.74) is -0.0880. The molecule has 0 heterocycles. The molecule has 1 saturated carbocycles. The van der Waals surface area contributed by atoms with Crippen LogP contribution in [0, 0.1) is 0 Å². The summed E-state index contributed by atoms with van der Waals surface area (Å²) in [7, 11) is 0. The van der Waals surface area contributed by atoms with Crippen molar-refractivity contribution in [3.05, 3.63) is 12.2 Å². The molecular formula is C11H20O3. The van der Waals surface area contributed by atoms with Crippen LogP contribution in [0.3, 0.4) is 0 Å². The predicted molar refractivity (Wildman–Crippen MR) is 56.2 cm³/mol. The largest absolute Gasteiger partial charge is 0.478 e. The summed E-state index contributed by atoms with van der Waals surface area (Å²) in [6, 6.07) is 0. The van der Waals surface area contributed by atoms with Crippen LogP contribution >= 0.6 is 0 Å². The normalized spacial score (nSPS) is 18.2. The Hall–Kier alpha value is -0.830. The number of aliphatic hydroxyl groups is 1. The maximum Gasteiger partial charge on any atom is 0.330 e. The van der Waals surface area contributed by atoms with Crippen LogP contribution in [0.4, 0.5) is 0 Å². The summed E-state index contributed by atoms with van der Waals surface area (Å²) < 4.78 is 0. The highest BCUT2D eigenvalue weighted by Crippen LogP contribution is 2.31. The van der Waals surface area contributed by atoms with Crippen molar-refractivity contribution in [1.29, 1.82) is 0 Å². The minimum Gasteiger partial charge on any atom is -0.478 e. The molecule has 14 heavy (non-hydrogen) atoms. The van der Waals surface area contributed by atoms with Crippen molar-refractivity contribution in [2.24, 2.45) is 0 Å². The van der Waals surface area contributed by atoms with Crippen LogP contribution in [-0.2, 0) is 4.79 Å². The van der Waals surface area contributed by atoms with E-state index in [1.54, 1.807) is 0 Å². The summed E-state index contributed by atoms with van der Waals surface area (Å²) in [5.74, 6) is -0.935. The number of hydrogen-bond acceptors (Lipinski definition) is 2. The molecule has 3 nitrogen and oxygen atoms in total. The van der Waals surface area contributed by atoms with Crippen LogP contribution in [0.25, 0.3) is 0 Å². The summed E-state index contributed by atoms with van der Waals surface area (Å²) in [6.45, 7) is 6.66. The third-order valence-corrected chi connectivity index (χ3v) is 2.56. The molecule has 2 N–H and O–H groups in total. The highest BCUT2D eigenvalue weighted by Gasteiger charge is 2.28. The van der Waals surface area contributed by atoms with E-state index in [0.29, 0.717) is 0 Å². The molecule has 0 bridgehead atoms. The number of carboxylic acids is 1. The molecule has 0 aromatic carbocycles. The Bertz CT molecular complexity index is 191. The summed E-state index contributed by atoms with van der Waals surface area (Å²) in [5, 5.41) is 17.4. The van der Waals surface area contributed by atoms with Crippen LogP contribution < -0.4 is 0 Å². The van der Waals surface area contributed by atoms with Crippen LogP contribution in [0.5, 0.6) is 0 Å². The van der Waals surface area contributed by atoms with Gasteiger partial charge in [0.15, 0.2) is 0 Å². The standard InChI is InChI=1S/C7H14O.C4H6O2/c1-2-7(8)5-3-4-6-7;1-3(2)4(5)6/h8H,2-6H2,1H3;1H2,2H3,(H,5,6). The molecule has 0 aromatic rings. The molecule has 1 rings (SSSR count). The van der Waals surface area contributed by atoms with Crippen LogP contribution in [-0.4, -0.2) is 21.8 Å². The van der Waals surface area contributed by atoms with Crippen molar-refractivity contribution < 1.29 is 15.0 Å². The number of carbonyl (C=O) groups is 1. The first kappa shape index (κ1) is 13.2. The second-order valence-electron chi connectivity index (χ2n) is 3.87. The van der Waals surface area contributed by atoms with Gasteiger partial charge in [-0.15, -0.1) is 0 Å². The van der Waals surface area contributed by atoms with Gasteiger partial charge in [0, 0.05) is 5.57 Å². The number of aliphatic carboxylic acids is 1.